The summed E-state index contributed by atoms with van der Waals surface area (Å²) in [5, 5.41) is 2.61. The number of hydrogen-bond donors (Lipinski definition) is 1. The van der Waals surface area contributed by atoms with E-state index in [1.165, 1.54) is 0 Å². The van der Waals surface area contributed by atoms with Crippen LogP contribution in [0.25, 0.3) is 0 Å². The van der Waals surface area contributed by atoms with E-state index in [1.54, 1.807) is 27.7 Å². The molecule has 1 amide bonds. The number of unbranched alkanes of at least 4 members (excludes halogenated alkanes) is 2. The summed E-state index contributed by atoms with van der Waals surface area (Å²) in [4.78, 5) is 23.1. The zero-order valence-electron chi connectivity index (χ0n) is 11.7. The second-order valence-electron chi connectivity index (χ2n) is 5.23. The quantitative estimate of drug-likeness (QED) is 0.447. The van der Waals surface area contributed by atoms with Crippen molar-refractivity contribution in [2.75, 3.05) is 0 Å². The first-order valence-corrected chi connectivity index (χ1v) is 6.22. The first kappa shape index (κ1) is 16.5. The summed E-state index contributed by atoms with van der Waals surface area (Å²) in [5.74, 6) is 1.96. The summed E-state index contributed by atoms with van der Waals surface area (Å²) in [5.41, 5.74) is -0.539. The number of esters is 1. The first-order valence-electron chi connectivity index (χ1n) is 6.22. The van der Waals surface area contributed by atoms with Gasteiger partial charge in [-0.3, -0.25) is 4.79 Å². The second kappa shape index (κ2) is 7.75. The van der Waals surface area contributed by atoms with E-state index < -0.39 is 17.6 Å². The van der Waals surface area contributed by atoms with Crippen LogP contribution in [-0.4, -0.2) is 23.5 Å². The van der Waals surface area contributed by atoms with Crippen molar-refractivity contribution in [1.29, 1.82) is 0 Å². The number of rotatable bonds is 6. The zero-order valence-corrected chi connectivity index (χ0v) is 11.7. The molecular weight excluding hydrogens is 230 g/mol. The van der Waals surface area contributed by atoms with Gasteiger partial charge in [-0.25, -0.2) is 4.79 Å². The van der Waals surface area contributed by atoms with Crippen LogP contribution in [0.5, 0.6) is 0 Å². The van der Waals surface area contributed by atoms with Crippen LogP contribution in [-0.2, 0) is 14.3 Å². The molecule has 0 unspecified atom stereocenters. The van der Waals surface area contributed by atoms with Gasteiger partial charge < -0.3 is 10.1 Å². The van der Waals surface area contributed by atoms with Crippen molar-refractivity contribution < 1.29 is 14.3 Å². The van der Waals surface area contributed by atoms with E-state index in [4.69, 9.17) is 11.2 Å². The van der Waals surface area contributed by atoms with Gasteiger partial charge in [0.1, 0.15) is 11.6 Å². The molecule has 102 valence electrons. The minimum Gasteiger partial charge on any atom is -0.458 e. The Kier molecular flexibility index (Phi) is 7.11. The predicted octanol–water partition coefficient (Wildman–Crippen LogP) is 2.03. The van der Waals surface area contributed by atoms with Gasteiger partial charge in [-0.2, -0.15) is 0 Å². The Balaban J connectivity index is 3.93. The Bertz CT molecular complexity index is 323. The molecule has 0 rings (SSSR count). The maximum atomic E-state index is 11.6. The van der Waals surface area contributed by atoms with Gasteiger partial charge in [0, 0.05) is 12.8 Å². The lowest BCUT2D eigenvalue weighted by atomic mass is 10.1. The fourth-order valence-corrected chi connectivity index (χ4v) is 1.28. The molecule has 0 heterocycles. The van der Waals surface area contributed by atoms with Gasteiger partial charge in [-0.1, -0.05) is 0 Å². The molecule has 0 aliphatic carbocycles. The van der Waals surface area contributed by atoms with E-state index in [0.717, 1.165) is 12.8 Å². The molecule has 4 heteroatoms. The molecule has 0 aromatic rings. The van der Waals surface area contributed by atoms with Crippen LogP contribution in [0.15, 0.2) is 0 Å². The van der Waals surface area contributed by atoms with Gasteiger partial charge in [-0.05, 0) is 40.5 Å². The number of nitrogens with one attached hydrogen (secondary N) is 1. The molecule has 0 spiro atoms. The number of terminal acetylenes is 1. The average Bonchev–Trinajstić information content (AvgIpc) is 2.22. The minimum absolute atomic E-state index is 0.148. The summed E-state index contributed by atoms with van der Waals surface area (Å²) in [6, 6.07) is -0.621. The van der Waals surface area contributed by atoms with Crippen LogP contribution in [0, 0.1) is 12.3 Å². The van der Waals surface area contributed by atoms with Crippen LogP contribution in [0.4, 0.5) is 0 Å². The monoisotopic (exact) mass is 253 g/mol. The molecular formula is C14H23NO3. The number of ether oxygens (including phenoxy) is 1. The largest absolute Gasteiger partial charge is 0.458 e. The molecule has 0 saturated carbocycles. The third-order valence-corrected chi connectivity index (χ3v) is 2.11. The van der Waals surface area contributed by atoms with E-state index in [9.17, 15) is 9.59 Å². The van der Waals surface area contributed by atoms with Crippen molar-refractivity contribution in [2.24, 2.45) is 0 Å². The Morgan fingerprint density at radius 3 is 2.44 bits per heavy atom. The molecule has 0 radical (unpaired) electrons. The Morgan fingerprint density at radius 1 is 1.33 bits per heavy atom. The normalized spacial score (nSPS) is 12.4. The highest BCUT2D eigenvalue weighted by Crippen LogP contribution is 2.08. The number of hydrogen-bond acceptors (Lipinski definition) is 3. The molecule has 0 saturated heterocycles. The SMILES string of the molecule is C#CCCCCC(=O)N[C@@H](C)C(=O)OC(C)(C)C. The summed E-state index contributed by atoms with van der Waals surface area (Å²) in [7, 11) is 0. The van der Waals surface area contributed by atoms with Crippen LogP contribution < -0.4 is 5.32 Å². The molecule has 4 nitrogen and oxygen atoms in total. The third kappa shape index (κ3) is 8.63. The maximum absolute atomic E-state index is 11.6. The van der Waals surface area contributed by atoms with Gasteiger partial charge in [0.15, 0.2) is 0 Å². The van der Waals surface area contributed by atoms with Gasteiger partial charge in [0.2, 0.25) is 5.91 Å². The molecule has 0 aliphatic heterocycles. The number of carbonyl (C=O) groups excluding carboxylic acids is 2. The molecule has 1 N–H and O–H groups in total. The second-order valence-corrected chi connectivity index (χ2v) is 5.23. The molecule has 0 fully saturated rings. The van der Waals surface area contributed by atoms with Crippen molar-refractivity contribution in [1.82, 2.24) is 5.32 Å². The van der Waals surface area contributed by atoms with Crippen molar-refractivity contribution in [3.63, 3.8) is 0 Å². The van der Waals surface area contributed by atoms with Crippen molar-refractivity contribution in [2.45, 2.75) is 65.0 Å². The maximum Gasteiger partial charge on any atom is 0.328 e. The first-order chi connectivity index (χ1) is 8.26. The van der Waals surface area contributed by atoms with Crippen molar-refractivity contribution in [3.05, 3.63) is 0 Å². The van der Waals surface area contributed by atoms with Gasteiger partial charge >= 0.3 is 5.97 Å². The highest BCUT2D eigenvalue weighted by Gasteiger charge is 2.22. The molecule has 0 aromatic heterocycles. The van der Waals surface area contributed by atoms with Gasteiger partial charge in [0.25, 0.3) is 0 Å². The molecule has 0 aromatic carbocycles. The Morgan fingerprint density at radius 2 is 1.94 bits per heavy atom. The highest BCUT2D eigenvalue weighted by atomic mass is 16.6. The Hall–Kier alpha value is -1.50. The highest BCUT2D eigenvalue weighted by molar-refractivity contribution is 5.84. The summed E-state index contributed by atoms with van der Waals surface area (Å²) in [6.07, 6.45) is 7.73. The third-order valence-electron chi connectivity index (χ3n) is 2.11. The number of amides is 1. The van der Waals surface area contributed by atoms with Crippen molar-refractivity contribution in [3.8, 4) is 12.3 Å². The molecule has 1 atom stereocenters. The fourth-order valence-electron chi connectivity index (χ4n) is 1.28. The summed E-state index contributed by atoms with van der Waals surface area (Å²) in [6.45, 7) is 6.99. The van der Waals surface area contributed by atoms with E-state index in [-0.39, 0.29) is 5.91 Å². The van der Waals surface area contributed by atoms with Gasteiger partial charge in [0.05, 0.1) is 0 Å². The van der Waals surface area contributed by atoms with E-state index >= 15 is 0 Å². The molecule has 18 heavy (non-hydrogen) atoms. The average molecular weight is 253 g/mol. The number of carbonyl (C=O) groups is 2. The standard InChI is InChI=1S/C14H23NO3/c1-6-7-8-9-10-12(16)15-11(2)13(17)18-14(3,4)5/h1,11H,7-10H2,2-5H3,(H,15,16)/t11-/m0/s1. The summed E-state index contributed by atoms with van der Waals surface area (Å²) < 4.78 is 5.16. The van der Waals surface area contributed by atoms with Crippen LogP contribution >= 0.6 is 0 Å². The molecule has 0 aliphatic rings. The smallest absolute Gasteiger partial charge is 0.328 e. The van der Waals surface area contributed by atoms with Crippen LogP contribution in [0.1, 0.15) is 53.4 Å². The lowest BCUT2D eigenvalue weighted by Gasteiger charge is -2.22. The van der Waals surface area contributed by atoms with E-state index in [1.807, 2.05) is 0 Å². The fraction of sp³-hybridized carbons (Fsp3) is 0.714. The minimum atomic E-state index is -0.621. The molecule has 0 bridgehead atoms. The van der Waals surface area contributed by atoms with Crippen LogP contribution in [0.3, 0.4) is 0 Å². The zero-order chi connectivity index (χ0) is 14.2. The van der Waals surface area contributed by atoms with E-state index in [2.05, 4.69) is 11.2 Å². The van der Waals surface area contributed by atoms with E-state index in [0.29, 0.717) is 12.8 Å². The van der Waals surface area contributed by atoms with Gasteiger partial charge in [-0.15, -0.1) is 12.3 Å². The lowest BCUT2D eigenvalue weighted by molar-refractivity contribution is -0.158. The van der Waals surface area contributed by atoms with Crippen molar-refractivity contribution >= 4 is 11.9 Å². The summed E-state index contributed by atoms with van der Waals surface area (Å²) >= 11 is 0. The predicted molar refractivity (Wildman–Crippen MR) is 70.8 cm³/mol. The van der Waals surface area contributed by atoms with Crippen LogP contribution in [0.2, 0.25) is 0 Å². The topological polar surface area (TPSA) is 55.4 Å². The lowest BCUT2D eigenvalue weighted by Crippen LogP contribution is -2.42. The Labute approximate surface area is 109 Å².